The molecule has 0 N–H and O–H groups in total. The predicted octanol–water partition coefficient (Wildman–Crippen LogP) is 1.22. The molecule has 0 fully saturated rings. The van der Waals surface area contributed by atoms with Crippen molar-refractivity contribution < 1.29 is 13.2 Å². The summed E-state index contributed by atoms with van der Waals surface area (Å²) in [5.74, 6) is -0.200. The summed E-state index contributed by atoms with van der Waals surface area (Å²) in [4.78, 5) is 11.7. The number of hydrogen-bond acceptors (Lipinski definition) is 4. The minimum atomic E-state index is -3.49. The van der Waals surface area contributed by atoms with Crippen LogP contribution in [-0.2, 0) is 10.0 Å². The van der Waals surface area contributed by atoms with Gasteiger partial charge < -0.3 is 0 Å². The number of nitrogens with zero attached hydrogens (tertiary/aromatic N) is 1. The molecule has 76 valence electrons. The molecule has 0 spiro atoms. The number of sulfonamides is 1. The largest absolute Gasteiger partial charge is 0.292 e. The van der Waals surface area contributed by atoms with E-state index in [1.165, 1.54) is 13.1 Å². The Labute approximate surface area is 90.1 Å². The molecule has 0 amide bonds. The molecule has 1 aliphatic rings. The van der Waals surface area contributed by atoms with Crippen LogP contribution in [0.25, 0.3) is 0 Å². The first-order valence-electron chi connectivity index (χ1n) is 3.72. The van der Waals surface area contributed by atoms with E-state index >= 15 is 0 Å². The SMILES string of the molecule is CN1CC(=O)c2sc(Cl)cc2S1(=O)=O. The van der Waals surface area contributed by atoms with Crippen LogP contribution in [0.2, 0.25) is 4.34 Å². The third-order valence-electron chi connectivity index (χ3n) is 1.98. The van der Waals surface area contributed by atoms with Gasteiger partial charge in [0.15, 0.2) is 5.78 Å². The highest BCUT2D eigenvalue weighted by Crippen LogP contribution is 2.34. The van der Waals surface area contributed by atoms with Gasteiger partial charge in [-0.05, 0) is 6.07 Å². The van der Waals surface area contributed by atoms with Gasteiger partial charge in [0.2, 0.25) is 10.0 Å². The molecular formula is C7H6ClNO3S2. The van der Waals surface area contributed by atoms with Crippen molar-refractivity contribution in [2.45, 2.75) is 4.90 Å². The standard InChI is InChI=1S/C7H6ClNO3S2/c1-9-3-4(10)7-5(14(9,11)12)2-6(8)13-7/h2H,3H2,1H3. The highest BCUT2D eigenvalue weighted by Gasteiger charge is 2.35. The maximum Gasteiger partial charge on any atom is 0.244 e. The number of carbonyl (C=O) groups is 1. The Hall–Kier alpha value is -0.430. The number of likely N-dealkylation sites (N-methyl/N-ethyl adjacent to an activating group) is 1. The van der Waals surface area contributed by atoms with Crippen LogP contribution in [0.15, 0.2) is 11.0 Å². The van der Waals surface area contributed by atoms with Crippen LogP contribution in [0.1, 0.15) is 9.67 Å². The number of thiophene rings is 1. The molecule has 2 heterocycles. The zero-order valence-corrected chi connectivity index (χ0v) is 9.54. The number of fused-ring (bicyclic) bond motifs is 1. The van der Waals surface area contributed by atoms with Gasteiger partial charge >= 0.3 is 0 Å². The topological polar surface area (TPSA) is 54.5 Å². The van der Waals surface area contributed by atoms with Crippen molar-refractivity contribution in [2.75, 3.05) is 13.6 Å². The summed E-state index contributed by atoms with van der Waals surface area (Å²) in [5, 5.41) is 0. The van der Waals surface area contributed by atoms with Gasteiger partial charge in [-0.1, -0.05) is 11.6 Å². The number of carbonyl (C=O) groups excluding carboxylic acids is 1. The molecule has 0 saturated heterocycles. The lowest BCUT2D eigenvalue weighted by Crippen LogP contribution is -2.36. The Bertz CT molecular complexity index is 505. The summed E-state index contributed by atoms with van der Waals surface area (Å²) in [7, 11) is -2.12. The fourth-order valence-electron chi connectivity index (χ4n) is 1.26. The van der Waals surface area contributed by atoms with Gasteiger partial charge in [0.25, 0.3) is 0 Å². The molecule has 1 aromatic rings. The molecule has 2 rings (SSSR count). The quantitative estimate of drug-likeness (QED) is 0.697. The van der Waals surface area contributed by atoms with Crippen LogP contribution in [0.4, 0.5) is 0 Å². The number of ketones is 1. The highest BCUT2D eigenvalue weighted by atomic mass is 35.5. The van der Waals surface area contributed by atoms with Gasteiger partial charge in [0.1, 0.15) is 4.90 Å². The van der Waals surface area contributed by atoms with Gasteiger partial charge in [0, 0.05) is 7.05 Å². The Morgan fingerprint density at radius 1 is 1.57 bits per heavy atom. The molecule has 0 atom stereocenters. The normalized spacial score (nSPS) is 20.9. The van der Waals surface area contributed by atoms with Gasteiger partial charge in [-0.25, -0.2) is 8.42 Å². The molecule has 0 saturated carbocycles. The van der Waals surface area contributed by atoms with E-state index in [1.807, 2.05) is 0 Å². The second kappa shape index (κ2) is 3.03. The molecule has 0 aliphatic carbocycles. The Balaban J connectivity index is 2.75. The molecule has 1 aliphatic heterocycles. The third-order valence-corrected chi connectivity index (χ3v) is 5.24. The molecule has 1 aromatic heterocycles. The molecule has 0 unspecified atom stereocenters. The number of halogens is 1. The smallest absolute Gasteiger partial charge is 0.244 e. The van der Waals surface area contributed by atoms with Crippen molar-refractivity contribution in [1.29, 1.82) is 0 Å². The predicted molar refractivity (Wildman–Crippen MR) is 53.5 cm³/mol. The zero-order valence-electron chi connectivity index (χ0n) is 7.15. The minimum Gasteiger partial charge on any atom is -0.292 e. The first kappa shape index (κ1) is 10.1. The van der Waals surface area contributed by atoms with Crippen molar-refractivity contribution in [2.24, 2.45) is 0 Å². The fraction of sp³-hybridized carbons (Fsp3) is 0.286. The van der Waals surface area contributed by atoms with Crippen LogP contribution in [0.5, 0.6) is 0 Å². The molecule has 14 heavy (non-hydrogen) atoms. The van der Waals surface area contributed by atoms with Crippen molar-refractivity contribution >= 4 is 38.7 Å². The Kier molecular flexibility index (Phi) is 2.19. The Morgan fingerprint density at radius 3 is 2.86 bits per heavy atom. The second-order valence-corrected chi connectivity index (χ2v) is 6.62. The van der Waals surface area contributed by atoms with E-state index in [1.54, 1.807) is 0 Å². The van der Waals surface area contributed by atoms with E-state index in [0.717, 1.165) is 15.6 Å². The fourth-order valence-corrected chi connectivity index (χ4v) is 4.13. The summed E-state index contributed by atoms with van der Waals surface area (Å²) in [6.07, 6.45) is 0. The summed E-state index contributed by atoms with van der Waals surface area (Å²) in [6.45, 7) is -0.105. The number of hydrogen-bond donors (Lipinski definition) is 0. The van der Waals surface area contributed by atoms with E-state index in [0.29, 0.717) is 4.34 Å². The molecule has 0 bridgehead atoms. The van der Waals surface area contributed by atoms with Crippen molar-refractivity contribution in [3.05, 3.63) is 15.3 Å². The average molecular weight is 252 g/mol. The second-order valence-electron chi connectivity index (χ2n) is 2.93. The van der Waals surface area contributed by atoms with Crippen molar-refractivity contribution in [3.63, 3.8) is 0 Å². The summed E-state index contributed by atoms with van der Waals surface area (Å²) in [6, 6.07) is 1.32. The number of rotatable bonds is 0. The monoisotopic (exact) mass is 251 g/mol. The Morgan fingerprint density at radius 2 is 2.21 bits per heavy atom. The highest BCUT2D eigenvalue weighted by molar-refractivity contribution is 7.89. The van der Waals surface area contributed by atoms with Gasteiger partial charge in [-0.3, -0.25) is 4.79 Å². The van der Waals surface area contributed by atoms with E-state index in [2.05, 4.69) is 0 Å². The lowest BCUT2D eigenvalue weighted by molar-refractivity contribution is 0.0968. The molecule has 0 aromatic carbocycles. The lowest BCUT2D eigenvalue weighted by Gasteiger charge is -2.20. The summed E-state index contributed by atoms with van der Waals surface area (Å²) >= 11 is 6.69. The van der Waals surface area contributed by atoms with Crippen LogP contribution < -0.4 is 0 Å². The first-order chi connectivity index (χ1) is 6.43. The molecule has 4 nitrogen and oxygen atoms in total. The maximum atomic E-state index is 11.7. The molecule has 0 radical (unpaired) electrons. The summed E-state index contributed by atoms with van der Waals surface area (Å²) < 4.78 is 24.7. The van der Waals surface area contributed by atoms with E-state index in [9.17, 15) is 13.2 Å². The maximum absolute atomic E-state index is 11.7. The van der Waals surface area contributed by atoms with Gasteiger partial charge in [0.05, 0.1) is 15.8 Å². The van der Waals surface area contributed by atoms with E-state index in [4.69, 9.17) is 11.6 Å². The first-order valence-corrected chi connectivity index (χ1v) is 6.35. The van der Waals surface area contributed by atoms with Gasteiger partial charge in [-0.15, -0.1) is 11.3 Å². The van der Waals surface area contributed by atoms with E-state index < -0.39 is 10.0 Å². The van der Waals surface area contributed by atoms with Crippen LogP contribution in [0, 0.1) is 0 Å². The van der Waals surface area contributed by atoms with Crippen LogP contribution in [-0.4, -0.2) is 32.1 Å². The zero-order chi connectivity index (χ0) is 10.5. The van der Waals surface area contributed by atoms with Crippen LogP contribution >= 0.6 is 22.9 Å². The third kappa shape index (κ3) is 1.30. The minimum absolute atomic E-state index is 0.0336. The number of Topliss-reactive ketones (excluding diaryl/α,β-unsaturated/α-hetero) is 1. The molecule has 7 heteroatoms. The van der Waals surface area contributed by atoms with Crippen LogP contribution in [0.3, 0.4) is 0 Å². The average Bonchev–Trinajstić information content (AvgIpc) is 2.45. The van der Waals surface area contributed by atoms with Crippen molar-refractivity contribution in [3.8, 4) is 0 Å². The van der Waals surface area contributed by atoms with Gasteiger partial charge in [-0.2, -0.15) is 4.31 Å². The van der Waals surface area contributed by atoms with E-state index in [-0.39, 0.29) is 22.1 Å². The van der Waals surface area contributed by atoms with Crippen molar-refractivity contribution in [1.82, 2.24) is 4.31 Å². The molecular weight excluding hydrogens is 246 g/mol. The lowest BCUT2D eigenvalue weighted by atomic mass is 10.3. The summed E-state index contributed by atoms with van der Waals surface area (Å²) in [5.41, 5.74) is 0.